The second-order valence-corrected chi connectivity index (χ2v) is 4.85. The number of para-hydroxylation sites is 1. The van der Waals surface area contributed by atoms with E-state index in [4.69, 9.17) is 0 Å². The first-order chi connectivity index (χ1) is 9.08. The third-order valence-corrected chi connectivity index (χ3v) is 3.55. The monoisotopic (exact) mass is 280 g/mol. The van der Waals surface area contributed by atoms with Crippen LogP contribution < -0.4 is 5.32 Å². The maximum Gasteiger partial charge on any atom is 0.234 e. The molecule has 1 amide bonds. The zero-order chi connectivity index (χ0) is 13.8. The highest BCUT2D eigenvalue weighted by Gasteiger charge is 2.10. The van der Waals surface area contributed by atoms with Crippen LogP contribution in [0.1, 0.15) is 5.82 Å². The van der Waals surface area contributed by atoms with Gasteiger partial charge in [-0.05, 0) is 19.1 Å². The van der Waals surface area contributed by atoms with Crippen molar-refractivity contribution in [3.05, 3.63) is 35.9 Å². The van der Waals surface area contributed by atoms with E-state index in [0.717, 1.165) is 5.82 Å². The van der Waals surface area contributed by atoms with Crippen LogP contribution in [0, 0.1) is 12.7 Å². The highest BCUT2D eigenvalue weighted by Crippen LogP contribution is 2.17. The second kappa shape index (κ2) is 5.83. The number of thioether (sulfide) groups is 1. The number of hydrogen-bond donors (Lipinski definition) is 1. The van der Waals surface area contributed by atoms with Crippen molar-refractivity contribution in [3.63, 3.8) is 0 Å². The predicted octanol–water partition coefficient (Wildman–Crippen LogP) is 1.99. The summed E-state index contributed by atoms with van der Waals surface area (Å²) >= 11 is 1.26. The Labute approximate surface area is 114 Å². The lowest BCUT2D eigenvalue weighted by Gasteiger charge is -2.05. The quantitative estimate of drug-likeness (QED) is 0.870. The van der Waals surface area contributed by atoms with Gasteiger partial charge in [0.1, 0.15) is 11.6 Å². The van der Waals surface area contributed by atoms with E-state index in [1.165, 1.54) is 23.9 Å². The smallest absolute Gasteiger partial charge is 0.234 e. The van der Waals surface area contributed by atoms with Gasteiger partial charge in [-0.15, -0.1) is 10.2 Å². The van der Waals surface area contributed by atoms with Crippen LogP contribution in [0.25, 0.3) is 0 Å². The van der Waals surface area contributed by atoms with Crippen LogP contribution in [-0.2, 0) is 11.8 Å². The number of halogens is 1. The molecular weight excluding hydrogens is 267 g/mol. The van der Waals surface area contributed by atoms with Gasteiger partial charge in [0.15, 0.2) is 5.16 Å². The van der Waals surface area contributed by atoms with Crippen LogP contribution in [0.15, 0.2) is 29.4 Å². The third-order valence-electron chi connectivity index (χ3n) is 2.53. The highest BCUT2D eigenvalue weighted by atomic mass is 32.2. The van der Waals surface area contributed by atoms with Crippen molar-refractivity contribution in [2.24, 2.45) is 7.05 Å². The lowest BCUT2D eigenvalue weighted by molar-refractivity contribution is -0.113. The molecule has 2 rings (SSSR count). The summed E-state index contributed by atoms with van der Waals surface area (Å²) in [6, 6.07) is 6.05. The van der Waals surface area contributed by atoms with E-state index >= 15 is 0 Å². The number of rotatable bonds is 4. The van der Waals surface area contributed by atoms with Gasteiger partial charge in [0.2, 0.25) is 5.91 Å². The van der Waals surface area contributed by atoms with E-state index in [1.54, 1.807) is 16.7 Å². The third kappa shape index (κ3) is 3.31. The molecule has 0 saturated heterocycles. The summed E-state index contributed by atoms with van der Waals surface area (Å²) in [5.74, 6) is 0.198. The fraction of sp³-hybridized carbons (Fsp3) is 0.250. The molecule has 1 aromatic heterocycles. The van der Waals surface area contributed by atoms with Gasteiger partial charge in [-0.25, -0.2) is 4.39 Å². The molecule has 2 aromatic rings. The van der Waals surface area contributed by atoms with Crippen molar-refractivity contribution in [3.8, 4) is 0 Å². The number of aromatic nitrogens is 3. The van der Waals surface area contributed by atoms with Gasteiger partial charge in [0, 0.05) is 7.05 Å². The number of anilines is 1. The average molecular weight is 280 g/mol. The number of nitrogens with zero attached hydrogens (tertiary/aromatic N) is 3. The van der Waals surface area contributed by atoms with Crippen LogP contribution in [0.4, 0.5) is 10.1 Å². The molecule has 100 valence electrons. The van der Waals surface area contributed by atoms with E-state index in [2.05, 4.69) is 15.5 Å². The summed E-state index contributed by atoms with van der Waals surface area (Å²) in [5, 5.41) is 11.0. The number of amides is 1. The number of carbonyl (C=O) groups is 1. The minimum absolute atomic E-state index is 0.153. The van der Waals surface area contributed by atoms with Crippen LogP contribution >= 0.6 is 11.8 Å². The number of nitrogens with one attached hydrogen (secondary N) is 1. The molecule has 7 heteroatoms. The molecule has 0 unspecified atom stereocenters. The van der Waals surface area contributed by atoms with Crippen LogP contribution in [-0.4, -0.2) is 26.4 Å². The molecular formula is C12H13FN4OS. The summed E-state index contributed by atoms with van der Waals surface area (Å²) in [4.78, 5) is 11.7. The van der Waals surface area contributed by atoms with Gasteiger partial charge >= 0.3 is 0 Å². The standard InChI is InChI=1S/C12H13FN4OS/c1-8-15-16-12(17(8)2)19-7-11(18)14-10-6-4-3-5-9(10)13/h3-6H,7H2,1-2H3,(H,14,18). The second-order valence-electron chi connectivity index (χ2n) is 3.91. The summed E-state index contributed by atoms with van der Waals surface area (Å²) in [6.07, 6.45) is 0. The topological polar surface area (TPSA) is 59.8 Å². The SMILES string of the molecule is Cc1nnc(SCC(=O)Nc2ccccc2F)n1C. The first kappa shape index (κ1) is 13.5. The normalized spacial score (nSPS) is 10.5. The Morgan fingerprint density at radius 3 is 2.79 bits per heavy atom. The molecule has 0 bridgehead atoms. The number of carbonyl (C=O) groups excluding carboxylic acids is 1. The Balaban J connectivity index is 1.92. The maximum atomic E-state index is 13.3. The molecule has 0 atom stereocenters. The summed E-state index contributed by atoms with van der Waals surface area (Å²) in [7, 11) is 1.83. The molecule has 1 N–H and O–H groups in total. The summed E-state index contributed by atoms with van der Waals surface area (Å²) < 4.78 is 15.1. The molecule has 0 fully saturated rings. The molecule has 19 heavy (non-hydrogen) atoms. The first-order valence-corrected chi connectivity index (χ1v) is 6.59. The lowest BCUT2D eigenvalue weighted by Crippen LogP contribution is -2.15. The predicted molar refractivity (Wildman–Crippen MR) is 71.5 cm³/mol. The Morgan fingerprint density at radius 1 is 1.42 bits per heavy atom. The van der Waals surface area contributed by atoms with E-state index in [-0.39, 0.29) is 17.3 Å². The Morgan fingerprint density at radius 2 is 2.16 bits per heavy atom. The largest absolute Gasteiger partial charge is 0.323 e. The number of hydrogen-bond acceptors (Lipinski definition) is 4. The fourth-order valence-electron chi connectivity index (χ4n) is 1.39. The molecule has 5 nitrogen and oxygen atoms in total. The van der Waals surface area contributed by atoms with Crippen molar-refractivity contribution >= 4 is 23.4 Å². The molecule has 0 radical (unpaired) electrons. The number of benzene rings is 1. The maximum absolute atomic E-state index is 13.3. The van der Waals surface area contributed by atoms with Gasteiger partial charge < -0.3 is 9.88 Å². The summed E-state index contributed by atoms with van der Waals surface area (Å²) in [6.45, 7) is 1.83. The van der Waals surface area contributed by atoms with Crippen LogP contribution in [0.2, 0.25) is 0 Å². The van der Waals surface area contributed by atoms with E-state index < -0.39 is 5.82 Å². The van der Waals surface area contributed by atoms with Crippen molar-refractivity contribution in [2.45, 2.75) is 12.1 Å². The lowest BCUT2D eigenvalue weighted by atomic mass is 10.3. The first-order valence-electron chi connectivity index (χ1n) is 5.61. The Bertz CT molecular complexity index is 599. The van der Waals surface area contributed by atoms with Crippen molar-refractivity contribution in [1.82, 2.24) is 14.8 Å². The van der Waals surface area contributed by atoms with E-state index in [9.17, 15) is 9.18 Å². The van der Waals surface area contributed by atoms with Crippen LogP contribution in [0.5, 0.6) is 0 Å². The molecule has 1 heterocycles. The fourth-order valence-corrected chi connectivity index (χ4v) is 2.15. The van der Waals surface area contributed by atoms with Gasteiger partial charge in [-0.3, -0.25) is 4.79 Å². The van der Waals surface area contributed by atoms with E-state index in [1.807, 2.05) is 14.0 Å². The van der Waals surface area contributed by atoms with E-state index in [0.29, 0.717) is 5.16 Å². The Kier molecular flexibility index (Phi) is 4.16. The Hall–Kier alpha value is -1.89. The van der Waals surface area contributed by atoms with Crippen molar-refractivity contribution in [1.29, 1.82) is 0 Å². The molecule has 1 aromatic carbocycles. The minimum atomic E-state index is -0.449. The average Bonchev–Trinajstić information content (AvgIpc) is 2.70. The minimum Gasteiger partial charge on any atom is -0.323 e. The van der Waals surface area contributed by atoms with Gasteiger partial charge in [0.05, 0.1) is 11.4 Å². The van der Waals surface area contributed by atoms with Crippen LogP contribution in [0.3, 0.4) is 0 Å². The number of aryl methyl sites for hydroxylation is 1. The van der Waals surface area contributed by atoms with Crippen molar-refractivity contribution < 1.29 is 9.18 Å². The highest BCUT2D eigenvalue weighted by molar-refractivity contribution is 7.99. The van der Waals surface area contributed by atoms with Crippen molar-refractivity contribution in [2.75, 3.05) is 11.1 Å². The molecule has 0 aliphatic rings. The zero-order valence-electron chi connectivity index (χ0n) is 10.6. The van der Waals surface area contributed by atoms with Gasteiger partial charge in [-0.2, -0.15) is 0 Å². The molecule has 0 spiro atoms. The molecule has 0 saturated carbocycles. The molecule has 0 aliphatic heterocycles. The van der Waals surface area contributed by atoms with Gasteiger partial charge in [0.25, 0.3) is 0 Å². The summed E-state index contributed by atoms with van der Waals surface area (Å²) in [5.41, 5.74) is 0.183. The van der Waals surface area contributed by atoms with Gasteiger partial charge in [-0.1, -0.05) is 23.9 Å². The zero-order valence-corrected chi connectivity index (χ0v) is 11.4. The molecule has 0 aliphatic carbocycles.